The number of ether oxygens (including phenoxy) is 1. The SMILES string of the molecule is C=CC(=O)NCc1ccc(C(=O)N2CCOCC2)cc1. The fourth-order valence-electron chi connectivity index (χ4n) is 1.98. The van der Waals surface area contributed by atoms with Gasteiger partial charge in [-0.15, -0.1) is 0 Å². The van der Waals surface area contributed by atoms with Crippen LogP contribution in [0.15, 0.2) is 36.9 Å². The quantitative estimate of drug-likeness (QED) is 0.832. The average molecular weight is 274 g/mol. The normalized spacial score (nSPS) is 14.7. The van der Waals surface area contributed by atoms with Crippen molar-refractivity contribution in [1.82, 2.24) is 10.2 Å². The Labute approximate surface area is 118 Å². The first kappa shape index (κ1) is 14.3. The summed E-state index contributed by atoms with van der Waals surface area (Å²) in [6.07, 6.45) is 1.23. The van der Waals surface area contributed by atoms with E-state index in [2.05, 4.69) is 11.9 Å². The lowest BCUT2D eigenvalue weighted by Crippen LogP contribution is -2.40. The van der Waals surface area contributed by atoms with Crippen molar-refractivity contribution in [2.75, 3.05) is 26.3 Å². The van der Waals surface area contributed by atoms with Gasteiger partial charge in [0.15, 0.2) is 0 Å². The maximum atomic E-state index is 12.2. The zero-order valence-corrected chi connectivity index (χ0v) is 11.3. The summed E-state index contributed by atoms with van der Waals surface area (Å²) >= 11 is 0. The molecule has 0 unspecified atom stereocenters. The Balaban J connectivity index is 1.94. The van der Waals surface area contributed by atoms with Crippen LogP contribution in [-0.2, 0) is 16.1 Å². The Morgan fingerprint density at radius 2 is 1.90 bits per heavy atom. The minimum absolute atomic E-state index is 0.0231. The minimum atomic E-state index is -0.210. The van der Waals surface area contributed by atoms with Crippen molar-refractivity contribution in [2.45, 2.75) is 6.54 Å². The number of amides is 2. The van der Waals surface area contributed by atoms with Crippen LogP contribution in [-0.4, -0.2) is 43.0 Å². The van der Waals surface area contributed by atoms with Gasteiger partial charge >= 0.3 is 0 Å². The summed E-state index contributed by atoms with van der Waals surface area (Å²) in [7, 11) is 0. The zero-order valence-electron chi connectivity index (χ0n) is 11.3. The van der Waals surface area contributed by atoms with Gasteiger partial charge < -0.3 is 15.0 Å². The molecule has 2 rings (SSSR count). The highest BCUT2D eigenvalue weighted by Gasteiger charge is 2.18. The lowest BCUT2D eigenvalue weighted by molar-refractivity contribution is -0.116. The van der Waals surface area contributed by atoms with E-state index < -0.39 is 0 Å². The van der Waals surface area contributed by atoms with Crippen molar-refractivity contribution < 1.29 is 14.3 Å². The number of hydrogen-bond acceptors (Lipinski definition) is 3. The van der Waals surface area contributed by atoms with E-state index in [-0.39, 0.29) is 11.8 Å². The highest BCUT2D eigenvalue weighted by Crippen LogP contribution is 2.09. The molecule has 1 aliphatic rings. The molecule has 1 fully saturated rings. The van der Waals surface area contributed by atoms with Crippen molar-refractivity contribution in [1.29, 1.82) is 0 Å². The zero-order chi connectivity index (χ0) is 14.4. The van der Waals surface area contributed by atoms with Crippen molar-refractivity contribution in [2.24, 2.45) is 0 Å². The third-order valence-corrected chi connectivity index (χ3v) is 3.15. The third kappa shape index (κ3) is 3.68. The Morgan fingerprint density at radius 1 is 1.25 bits per heavy atom. The first-order valence-corrected chi connectivity index (χ1v) is 6.57. The van der Waals surface area contributed by atoms with Gasteiger partial charge in [-0.2, -0.15) is 0 Å². The molecule has 0 atom stereocenters. The standard InChI is InChI=1S/C15H18N2O3/c1-2-14(18)16-11-12-3-5-13(6-4-12)15(19)17-7-9-20-10-8-17/h2-6H,1,7-11H2,(H,16,18). The third-order valence-electron chi connectivity index (χ3n) is 3.15. The van der Waals surface area contributed by atoms with E-state index in [4.69, 9.17) is 4.74 Å². The molecule has 5 heteroatoms. The maximum absolute atomic E-state index is 12.2. The number of carbonyl (C=O) groups excluding carboxylic acids is 2. The maximum Gasteiger partial charge on any atom is 0.254 e. The van der Waals surface area contributed by atoms with Crippen LogP contribution in [0, 0.1) is 0 Å². The molecule has 0 aromatic heterocycles. The van der Waals surface area contributed by atoms with Gasteiger partial charge in [0.05, 0.1) is 13.2 Å². The van der Waals surface area contributed by atoms with Gasteiger partial charge in [-0.3, -0.25) is 9.59 Å². The molecule has 1 aliphatic heterocycles. The number of nitrogens with one attached hydrogen (secondary N) is 1. The monoisotopic (exact) mass is 274 g/mol. The van der Waals surface area contributed by atoms with E-state index in [1.165, 1.54) is 6.08 Å². The minimum Gasteiger partial charge on any atom is -0.378 e. The predicted molar refractivity (Wildman–Crippen MR) is 75.2 cm³/mol. The summed E-state index contributed by atoms with van der Waals surface area (Å²) in [6.45, 7) is 6.28. The van der Waals surface area contributed by atoms with Crippen LogP contribution in [0.25, 0.3) is 0 Å². The Bertz CT molecular complexity index is 490. The van der Waals surface area contributed by atoms with Crippen LogP contribution in [0.5, 0.6) is 0 Å². The molecule has 0 radical (unpaired) electrons. The van der Waals surface area contributed by atoms with Crippen molar-refractivity contribution in [3.8, 4) is 0 Å². The van der Waals surface area contributed by atoms with Crippen LogP contribution in [0.2, 0.25) is 0 Å². The van der Waals surface area contributed by atoms with Gasteiger partial charge in [0.25, 0.3) is 5.91 Å². The highest BCUT2D eigenvalue weighted by atomic mass is 16.5. The van der Waals surface area contributed by atoms with Crippen LogP contribution >= 0.6 is 0 Å². The Kier molecular flexibility index (Phi) is 4.90. The molecule has 0 aliphatic carbocycles. The molecule has 0 saturated carbocycles. The van der Waals surface area contributed by atoms with Gasteiger partial charge in [0.2, 0.25) is 5.91 Å². The second kappa shape index (κ2) is 6.86. The average Bonchev–Trinajstić information content (AvgIpc) is 2.53. The molecule has 0 spiro atoms. The van der Waals surface area contributed by atoms with E-state index in [1.54, 1.807) is 17.0 Å². The van der Waals surface area contributed by atoms with Crippen LogP contribution in [0.1, 0.15) is 15.9 Å². The molecule has 5 nitrogen and oxygen atoms in total. The molecule has 20 heavy (non-hydrogen) atoms. The summed E-state index contributed by atoms with van der Waals surface area (Å²) in [6, 6.07) is 7.26. The molecule has 106 valence electrons. The van der Waals surface area contributed by atoms with Gasteiger partial charge in [0, 0.05) is 25.2 Å². The van der Waals surface area contributed by atoms with Gasteiger partial charge in [-0.1, -0.05) is 18.7 Å². The van der Waals surface area contributed by atoms with Gasteiger partial charge in [0.1, 0.15) is 0 Å². The molecule has 0 bridgehead atoms. The number of benzene rings is 1. The number of hydrogen-bond donors (Lipinski definition) is 1. The first-order valence-electron chi connectivity index (χ1n) is 6.57. The topological polar surface area (TPSA) is 58.6 Å². The first-order chi connectivity index (χ1) is 9.70. The van der Waals surface area contributed by atoms with E-state index in [0.29, 0.717) is 38.4 Å². The molecule has 2 amide bonds. The summed E-state index contributed by atoms with van der Waals surface area (Å²) in [5.74, 6) is -0.187. The molecule has 1 aromatic rings. The molecular weight excluding hydrogens is 256 g/mol. The van der Waals surface area contributed by atoms with Crippen molar-refractivity contribution in [3.05, 3.63) is 48.0 Å². The summed E-state index contributed by atoms with van der Waals surface area (Å²) < 4.78 is 5.23. The number of morpholine rings is 1. The summed E-state index contributed by atoms with van der Waals surface area (Å²) in [4.78, 5) is 25.1. The van der Waals surface area contributed by atoms with E-state index in [1.807, 2.05) is 12.1 Å². The van der Waals surface area contributed by atoms with Crippen molar-refractivity contribution >= 4 is 11.8 Å². The molecule has 1 heterocycles. The predicted octanol–water partition coefficient (Wildman–Crippen LogP) is 0.961. The lowest BCUT2D eigenvalue weighted by Gasteiger charge is -2.26. The van der Waals surface area contributed by atoms with Crippen LogP contribution < -0.4 is 5.32 Å². The Hall–Kier alpha value is -2.14. The molecule has 1 saturated heterocycles. The highest BCUT2D eigenvalue weighted by molar-refractivity contribution is 5.94. The fourth-order valence-corrected chi connectivity index (χ4v) is 1.98. The smallest absolute Gasteiger partial charge is 0.254 e. The molecular formula is C15H18N2O3. The lowest BCUT2D eigenvalue weighted by atomic mass is 10.1. The summed E-state index contributed by atoms with van der Waals surface area (Å²) in [5.41, 5.74) is 1.60. The molecule has 1 aromatic carbocycles. The van der Waals surface area contributed by atoms with Gasteiger partial charge in [-0.05, 0) is 23.8 Å². The summed E-state index contributed by atoms with van der Waals surface area (Å²) in [5, 5.41) is 2.69. The Morgan fingerprint density at radius 3 is 2.50 bits per heavy atom. The number of carbonyl (C=O) groups is 2. The van der Waals surface area contributed by atoms with Crippen molar-refractivity contribution in [3.63, 3.8) is 0 Å². The number of nitrogens with zero attached hydrogens (tertiary/aromatic N) is 1. The second-order valence-corrected chi connectivity index (χ2v) is 4.52. The van der Waals surface area contributed by atoms with E-state index >= 15 is 0 Å². The van der Waals surface area contributed by atoms with E-state index in [0.717, 1.165) is 5.56 Å². The van der Waals surface area contributed by atoms with Crippen LogP contribution in [0.3, 0.4) is 0 Å². The number of rotatable bonds is 4. The second-order valence-electron chi connectivity index (χ2n) is 4.52. The fraction of sp³-hybridized carbons (Fsp3) is 0.333. The van der Waals surface area contributed by atoms with Crippen LogP contribution in [0.4, 0.5) is 0 Å². The molecule has 1 N–H and O–H groups in total. The van der Waals surface area contributed by atoms with E-state index in [9.17, 15) is 9.59 Å². The van der Waals surface area contributed by atoms with Gasteiger partial charge in [-0.25, -0.2) is 0 Å². The largest absolute Gasteiger partial charge is 0.378 e.